The molecule has 0 amide bonds. The van der Waals surface area contributed by atoms with E-state index in [1.165, 1.54) is 16.9 Å². The molecule has 5 heterocycles. The molecule has 166 valence electrons. The van der Waals surface area contributed by atoms with E-state index >= 15 is 0 Å². The minimum atomic E-state index is 0.0331. The van der Waals surface area contributed by atoms with Crippen molar-refractivity contribution in [3.8, 4) is 10.7 Å². The fraction of sp³-hybridized carbons (Fsp3) is 0.250. The Bertz CT molecular complexity index is 1470. The highest BCUT2D eigenvalue weighted by Gasteiger charge is 2.23. The van der Waals surface area contributed by atoms with Crippen LogP contribution < -0.4 is 5.56 Å². The van der Waals surface area contributed by atoms with Crippen LogP contribution in [-0.4, -0.2) is 19.5 Å². The number of aromatic nitrogens is 4. The Morgan fingerprint density at radius 1 is 1.12 bits per heavy atom. The summed E-state index contributed by atoms with van der Waals surface area (Å²) in [4.78, 5) is 29.9. The van der Waals surface area contributed by atoms with Crippen molar-refractivity contribution < 1.29 is 4.42 Å². The third kappa shape index (κ3) is 4.05. The zero-order valence-electron chi connectivity index (χ0n) is 17.7. The molecule has 0 saturated heterocycles. The lowest BCUT2D eigenvalue weighted by molar-refractivity contribution is 0.476. The number of hydrogen-bond donors (Lipinski definition) is 0. The fourth-order valence-corrected chi connectivity index (χ4v) is 7.24. The first-order valence-electron chi connectivity index (χ1n) is 10.8. The van der Waals surface area contributed by atoms with E-state index in [-0.39, 0.29) is 5.56 Å². The molecule has 5 aromatic heterocycles. The van der Waals surface area contributed by atoms with Crippen molar-refractivity contribution in [3.63, 3.8) is 0 Å². The Hall–Kier alpha value is -2.75. The monoisotopic (exact) mass is 492 g/mol. The number of hydrogen-bond acceptors (Lipinski definition) is 8. The Morgan fingerprint density at radius 3 is 2.91 bits per heavy atom. The number of aryl methyl sites for hydroxylation is 2. The molecule has 0 bridgehead atoms. The minimum Gasteiger partial charge on any atom is -0.467 e. The Kier molecular flexibility index (Phi) is 5.61. The summed E-state index contributed by atoms with van der Waals surface area (Å²) in [5, 5.41) is 4.45. The largest absolute Gasteiger partial charge is 0.467 e. The van der Waals surface area contributed by atoms with E-state index in [0.717, 1.165) is 51.6 Å². The number of thiazole rings is 1. The van der Waals surface area contributed by atoms with Gasteiger partial charge in [0.05, 0.1) is 29.6 Å². The average Bonchev–Trinajstić information content (AvgIpc) is 3.60. The van der Waals surface area contributed by atoms with Crippen molar-refractivity contribution in [1.82, 2.24) is 19.5 Å². The Balaban J connectivity index is 1.36. The van der Waals surface area contributed by atoms with Crippen molar-refractivity contribution in [2.45, 2.75) is 43.1 Å². The van der Waals surface area contributed by atoms with Gasteiger partial charge in [0.15, 0.2) is 5.16 Å². The molecule has 0 unspecified atom stereocenters. The maximum Gasteiger partial charge on any atom is 0.263 e. The summed E-state index contributed by atoms with van der Waals surface area (Å²) in [5.74, 6) is 1.38. The zero-order chi connectivity index (χ0) is 22.2. The van der Waals surface area contributed by atoms with Gasteiger partial charge in [-0.1, -0.05) is 17.8 Å². The molecule has 0 N–H and O–H groups in total. The van der Waals surface area contributed by atoms with E-state index in [0.29, 0.717) is 17.5 Å². The molecule has 6 rings (SSSR count). The lowest BCUT2D eigenvalue weighted by atomic mass is 9.97. The lowest BCUT2D eigenvalue weighted by Crippen LogP contribution is -2.24. The lowest BCUT2D eigenvalue weighted by Gasteiger charge is -2.12. The van der Waals surface area contributed by atoms with Gasteiger partial charge in [-0.2, -0.15) is 0 Å². The van der Waals surface area contributed by atoms with Crippen molar-refractivity contribution >= 4 is 44.7 Å². The second kappa shape index (κ2) is 8.89. The normalized spacial score (nSPS) is 13.5. The highest BCUT2D eigenvalue weighted by Crippen LogP contribution is 2.35. The van der Waals surface area contributed by atoms with Gasteiger partial charge in [-0.05, 0) is 55.5 Å². The zero-order valence-corrected chi connectivity index (χ0v) is 20.1. The van der Waals surface area contributed by atoms with Crippen LogP contribution in [0.2, 0.25) is 0 Å². The van der Waals surface area contributed by atoms with E-state index in [4.69, 9.17) is 14.4 Å². The van der Waals surface area contributed by atoms with E-state index in [2.05, 4.69) is 4.98 Å². The van der Waals surface area contributed by atoms with Crippen LogP contribution in [0.3, 0.4) is 0 Å². The third-order valence-electron chi connectivity index (χ3n) is 5.72. The van der Waals surface area contributed by atoms with Gasteiger partial charge in [0.1, 0.15) is 15.6 Å². The van der Waals surface area contributed by atoms with E-state index < -0.39 is 0 Å². The number of furan rings is 1. The second-order valence-corrected chi connectivity index (χ2v) is 10.8. The number of rotatable bonds is 6. The molecule has 0 fully saturated rings. The van der Waals surface area contributed by atoms with Gasteiger partial charge in [-0.25, -0.2) is 9.97 Å². The molecule has 9 heteroatoms. The summed E-state index contributed by atoms with van der Waals surface area (Å²) in [6, 6.07) is 9.57. The minimum absolute atomic E-state index is 0.0331. The average molecular weight is 493 g/mol. The van der Waals surface area contributed by atoms with Crippen molar-refractivity contribution in [3.05, 3.63) is 80.4 Å². The highest BCUT2D eigenvalue weighted by atomic mass is 32.2. The van der Waals surface area contributed by atoms with Crippen LogP contribution in [0.4, 0.5) is 0 Å². The summed E-state index contributed by atoms with van der Waals surface area (Å²) in [5.41, 5.74) is 3.07. The quantitative estimate of drug-likeness (QED) is 0.221. The van der Waals surface area contributed by atoms with E-state index in [1.807, 2.05) is 35.7 Å². The molecule has 0 saturated carbocycles. The number of pyridine rings is 1. The molecular weight excluding hydrogens is 472 g/mol. The van der Waals surface area contributed by atoms with Gasteiger partial charge in [-0.15, -0.1) is 22.7 Å². The van der Waals surface area contributed by atoms with Crippen LogP contribution in [0.15, 0.2) is 62.5 Å². The molecular formula is C24H20N4O2S3. The fourth-order valence-electron chi connectivity index (χ4n) is 4.15. The predicted octanol–water partition coefficient (Wildman–Crippen LogP) is 5.79. The number of fused-ring (bicyclic) bond motifs is 3. The van der Waals surface area contributed by atoms with Gasteiger partial charge in [0.2, 0.25) is 0 Å². The molecule has 0 aliphatic heterocycles. The maximum absolute atomic E-state index is 13.7. The summed E-state index contributed by atoms with van der Waals surface area (Å²) in [6.07, 6.45) is 7.75. The molecule has 33 heavy (non-hydrogen) atoms. The van der Waals surface area contributed by atoms with Crippen LogP contribution in [-0.2, 0) is 25.1 Å². The van der Waals surface area contributed by atoms with Crippen molar-refractivity contribution in [1.29, 1.82) is 0 Å². The van der Waals surface area contributed by atoms with Crippen molar-refractivity contribution in [2.24, 2.45) is 0 Å². The van der Waals surface area contributed by atoms with Crippen LogP contribution in [0.1, 0.15) is 34.7 Å². The van der Waals surface area contributed by atoms with E-state index in [1.54, 1.807) is 51.5 Å². The van der Waals surface area contributed by atoms with Crippen LogP contribution in [0.5, 0.6) is 0 Å². The molecule has 0 aromatic carbocycles. The molecule has 0 radical (unpaired) electrons. The Morgan fingerprint density at radius 2 is 2.06 bits per heavy atom. The SMILES string of the molecule is O=c1c2c3c(sc2nc(SCc2csc(-c4ccccn4)n2)n1Cc1ccco1)CCCC3. The van der Waals surface area contributed by atoms with Gasteiger partial charge in [-0.3, -0.25) is 14.3 Å². The van der Waals surface area contributed by atoms with Gasteiger partial charge < -0.3 is 4.42 Å². The van der Waals surface area contributed by atoms with Crippen molar-refractivity contribution in [2.75, 3.05) is 0 Å². The summed E-state index contributed by atoms with van der Waals surface area (Å²) < 4.78 is 7.32. The smallest absolute Gasteiger partial charge is 0.263 e. The highest BCUT2D eigenvalue weighted by molar-refractivity contribution is 7.98. The first-order valence-corrected chi connectivity index (χ1v) is 13.5. The van der Waals surface area contributed by atoms with Crippen LogP contribution in [0, 0.1) is 0 Å². The second-order valence-electron chi connectivity index (χ2n) is 7.90. The predicted molar refractivity (Wildman–Crippen MR) is 133 cm³/mol. The maximum atomic E-state index is 13.7. The molecule has 0 spiro atoms. The van der Waals surface area contributed by atoms with Gasteiger partial charge in [0, 0.05) is 22.2 Å². The summed E-state index contributed by atoms with van der Waals surface area (Å²) >= 11 is 4.81. The van der Waals surface area contributed by atoms with Crippen LogP contribution >= 0.6 is 34.4 Å². The molecule has 1 aliphatic rings. The first kappa shape index (κ1) is 20.8. The Labute approximate surface area is 202 Å². The summed E-state index contributed by atoms with van der Waals surface area (Å²) in [7, 11) is 0. The van der Waals surface area contributed by atoms with E-state index in [9.17, 15) is 4.79 Å². The molecule has 6 nitrogen and oxygen atoms in total. The van der Waals surface area contributed by atoms with Gasteiger partial charge in [0.25, 0.3) is 5.56 Å². The molecule has 5 aromatic rings. The topological polar surface area (TPSA) is 73.8 Å². The number of nitrogens with zero attached hydrogens (tertiary/aromatic N) is 4. The third-order valence-corrected chi connectivity index (χ3v) is 8.83. The number of thioether (sulfide) groups is 1. The molecule has 1 aliphatic carbocycles. The molecule has 0 atom stereocenters. The number of thiophene rings is 1. The van der Waals surface area contributed by atoms with Gasteiger partial charge >= 0.3 is 0 Å². The standard InChI is InChI=1S/C24H20N4O2S3/c29-23-20-17-7-1-2-9-19(17)33-22(20)27-24(28(23)12-16-6-5-11-30-16)32-14-15-13-31-21(26-15)18-8-3-4-10-25-18/h3-6,8,10-11,13H,1-2,7,9,12,14H2. The van der Waals surface area contributed by atoms with Crippen LogP contribution in [0.25, 0.3) is 20.9 Å². The first-order chi connectivity index (χ1) is 16.3. The summed E-state index contributed by atoms with van der Waals surface area (Å²) in [6.45, 7) is 0.373.